The van der Waals surface area contributed by atoms with Crippen LogP contribution in [-0.4, -0.2) is 19.5 Å². The van der Waals surface area contributed by atoms with Gasteiger partial charge in [-0.3, -0.25) is 4.57 Å². The van der Waals surface area contributed by atoms with Crippen molar-refractivity contribution in [3.63, 3.8) is 0 Å². The first-order chi connectivity index (χ1) is 24.8. The summed E-state index contributed by atoms with van der Waals surface area (Å²) in [5, 5.41) is 11.5. The Kier molecular flexibility index (Phi) is 5.60. The van der Waals surface area contributed by atoms with E-state index in [4.69, 9.17) is 19.4 Å². The molecule has 0 aliphatic carbocycles. The highest BCUT2D eigenvalue weighted by atomic mass is 16.3. The molecule has 11 aromatic rings. The molecule has 0 aliphatic rings. The molecular formula is C45H26N4O. The minimum absolute atomic E-state index is 0.566. The second kappa shape index (κ2) is 10.3. The topological polar surface area (TPSA) is 56.7 Å². The van der Waals surface area contributed by atoms with Crippen molar-refractivity contribution in [1.29, 1.82) is 0 Å². The molecule has 3 heterocycles. The van der Waals surface area contributed by atoms with Crippen LogP contribution < -0.4 is 0 Å². The Balaban J connectivity index is 1.26. The van der Waals surface area contributed by atoms with Gasteiger partial charge in [0.2, 0.25) is 5.95 Å². The molecule has 0 saturated heterocycles. The highest BCUT2D eigenvalue weighted by molar-refractivity contribution is 6.30. The van der Waals surface area contributed by atoms with Gasteiger partial charge in [-0.05, 0) is 51.2 Å². The Hall–Kier alpha value is -6.85. The van der Waals surface area contributed by atoms with Crippen LogP contribution in [0.3, 0.4) is 0 Å². The maximum atomic E-state index is 6.38. The van der Waals surface area contributed by atoms with Crippen LogP contribution in [0.2, 0.25) is 0 Å². The minimum atomic E-state index is 0.566. The summed E-state index contributed by atoms with van der Waals surface area (Å²) in [7, 11) is 0. The third-order valence-electron chi connectivity index (χ3n) is 10.0. The second-order valence-electron chi connectivity index (χ2n) is 12.8. The molecule has 0 saturated carbocycles. The predicted octanol–water partition coefficient (Wildman–Crippen LogP) is 11.7. The van der Waals surface area contributed by atoms with E-state index in [1.807, 2.05) is 30.3 Å². The monoisotopic (exact) mass is 638 g/mol. The Bertz CT molecular complexity index is 3160. The number of fused-ring (bicyclic) bond motifs is 12. The molecule has 50 heavy (non-hydrogen) atoms. The van der Waals surface area contributed by atoms with E-state index >= 15 is 0 Å². The van der Waals surface area contributed by atoms with Gasteiger partial charge in [0.1, 0.15) is 11.2 Å². The van der Waals surface area contributed by atoms with Crippen LogP contribution in [0.1, 0.15) is 0 Å². The van der Waals surface area contributed by atoms with E-state index < -0.39 is 0 Å². The lowest BCUT2D eigenvalue weighted by molar-refractivity contribution is 0.669. The van der Waals surface area contributed by atoms with Crippen molar-refractivity contribution in [3.05, 3.63) is 158 Å². The number of furan rings is 1. The fourth-order valence-corrected chi connectivity index (χ4v) is 7.75. The van der Waals surface area contributed by atoms with E-state index in [2.05, 4.69) is 132 Å². The molecule has 0 atom stereocenters. The van der Waals surface area contributed by atoms with Crippen LogP contribution in [0, 0.1) is 0 Å². The average molecular weight is 639 g/mol. The van der Waals surface area contributed by atoms with Crippen LogP contribution in [0.25, 0.3) is 105 Å². The number of aromatic nitrogens is 4. The molecule has 232 valence electrons. The molecule has 0 bridgehead atoms. The van der Waals surface area contributed by atoms with Gasteiger partial charge < -0.3 is 4.42 Å². The lowest BCUT2D eigenvalue weighted by Gasteiger charge is -2.12. The zero-order valence-corrected chi connectivity index (χ0v) is 26.7. The van der Waals surface area contributed by atoms with Gasteiger partial charge in [0.25, 0.3) is 0 Å². The highest BCUT2D eigenvalue weighted by Crippen LogP contribution is 2.43. The molecule has 11 rings (SSSR count). The number of para-hydroxylation sites is 1. The van der Waals surface area contributed by atoms with Crippen LogP contribution in [0.15, 0.2) is 162 Å². The zero-order chi connectivity index (χ0) is 32.8. The maximum absolute atomic E-state index is 6.38. The number of hydrogen-bond donors (Lipinski definition) is 0. The van der Waals surface area contributed by atoms with E-state index in [-0.39, 0.29) is 0 Å². The van der Waals surface area contributed by atoms with E-state index in [0.717, 1.165) is 71.0 Å². The number of benzene rings is 8. The molecule has 0 unspecified atom stereocenters. The van der Waals surface area contributed by atoms with Crippen molar-refractivity contribution in [2.24, 2.45) is 0 Å². The van der Waals surface area contributed by atoms with Crippen molar-refractivity contribution in [2.45, 2.75) is 0 Å². The molecule has 0 N–H and O–H groups in total. The predicted molar refractivity (Wildman–Crippen MR) is 205 cm³/mol. The molecule has 0 amide bonds. The molecule has 5 heteroatoms. The highest BCUT2D eigenvalue weighted by Gasteiger charge is 2.23. The summed E-state index contributed by atoms with van der Waals surface area (Å²) in [6.45, 7) is 0. The normalized spacial score (nSPS) is 12.0. The SMILES string of the molecule is c1ccc(-c2nc(-c3ccc4c(ccc5ccccc54)c3)nc(-n3c4ccc5oc6ccccc6c5c4c4ccc5ccccc5c43)n2)cc1. The van der Waals surface area contributed by atoms with Crippen molar-refractivity contribution in [1.82, 2.24) is 19.5 Å². The van der Waals surface area contributed by atoms with Gasteiger partial charge in [0.05, 0.1) is 11.0 Å². The van der Waals surface area contributed by atoms with Gasteiger partial charge >= 0.3 is 0 Å². The lowest BCUT2D eigenvalue weighted by atomic mass is 10.00. The molecule has 0 aliphatic heterocycles. The van der Waals surface area contributed by atoms with Gasteiger partial charge in [-0.1, -0.05) is 133 Å². The fourth-order valence-electron chi connectivity index (χ4n) is 7.75. The van der Waals surface area contributed by atoms with Gasteiger partial charge in [0.15, 0.2) is 11.6 Å². The summed E-state index contributed by atoms with van der Waals surface area (Å²) < 4.78 is 8.60. The van der Waals surface area contributed by atoms with Crippen molar-refractivity contribution < 1.29 is 4.42 Å². The number of rotatable bonds is 3. The van der Waals surface area contributed by atoms with E-state index in [1.54, 1.807) is 0 Å². The van der Waals surface area contributed by atoms with Gasteiger partial charge in [-0.15, -0.1) is 0 Å². The molecule has 8 aromatic carbocycles. The van der Waals surface area contributed by atoms with Gasteiger partial charge in [-0.25, -0.2) is 4.98 Å². The first kappa shape index (κ1) is 27.1. The Morgan fingerprint density at radius 1 is 0.400 bits per heavy atom. The van der Waals surface area contributed by atoms with Crippen LogP contribution >= 0.6 is 0 Å². The Morgan fingerprint density at radius 3 is 1.90 bits per heavy atom. The standard InChI is InChI=1S/C45H26N4O/c1-2-12-29(13-3-1)43-46-44(31-21-22-33-30(26-31)19-18-27-10-4-6-14-32(27)33)48-45(47-43)49-37-24-25-39-41(35-16-8-9-17-38(35)50-39)40(37)36-23-20-28-11-5-7-15-34(28)42(36)49/h1-26H. The van der Waals surface area contributed by atoms with Crippen molar-refractivity contribution >= 4 is 76.1 Å². The molecule has 0 fully saturated rings. The summed E-state index contributed by atoms with van der Waals surface area (Å²) in [4.78, 5) is 15.6. The zero-order valence-electron chi connectivity index (χ0n) is 26.7. The Morgan fingerprint density at radius 2 is 1.04 bits per heavy atom. The minimum Gasteiger partial charge on any atom is -0.456 e. The second-order valence-corrected chi connectivity index (χ2v) is 12.8. The molecule has 0 radical (unpaired) electrons. The summed E-state index contributed by atoms with van der Waals surface area (Å²) in [5.41, 5.74) is 5.65. The van der Waals surface area contributed by atoms with E-state index in [9.17, 15) is 0 Å². The smallest absolute Gasteiger partial charge is 0.238 e. The third-order valence-corrected chi connectivity index (χ3v) is 10.0. The maximum Gasteiger partial charge on any atom is 0.238 e. The molecule has 5 nitrogen and oxygen atoms in total. The molecule has 3 aromatic heterocycles. The van der Waals surface area contributed by atoms with E-state index in [1.165, 1.54) is 16.2 Å². The first-order valence-electron chi connectivity index (χ1n) is 16.8. The van der Waals surface area contributed by atoms with Crippen molar-refractivity contribution in [3.8, 4) is 28.7 Å². The van der Waals surface area contributed by atoms with Crippen LogP contribution in [0.4, 0.5) is 0 Å². The largest absolute Gasteiger partial charge is 0.456 e. The summed E-state index contributed by atoms with van der Waals surface area (Å²) in [5.74, 6) is 1.80. The summed E-state index contributed by atoms with van der Waals surface area (Å²) in [6.07, 6.45) is 0. The Labute approximate surface area is 285 Å². The van der Waals surface area contributed by atoms with Crippen molar-refractivity contribution in [2.75, 3.05) is 0 Å². The summed E-state index contributed by atoms with van der Waals surface area (Å²) in [6, 6.07) is 55.0. The number of hydrogen-bond acceptors (Lipinski definition) is 4. The fraction of sp³-hybridized carbons (Fsp3) is 0. The van der Waals surface area contributed by atoms with Crippen LogP contribution in [0.5, 0.6) is 0 Å². The third kappa shape index (κ3) is 3.92. The van der Waals surface area contributed by atoms with E-state index in [0.29, 0.717) is 17.6 Å². The first-order valence-corrected chi connectivity index (χ1v) is 16.8. The van der Waals surface area contributed by atoms with Crippen LogP contribution in [-0.2, 0) is 0 Å². The molecular weight excluding hydrogens is 613 g/mol. The molecule has 0 spiro atoms. The lowest BCUT2D eigenvalue weighted by Crippen LogP contribution is -2.06. The van der Waals surface area contributed by atoms with Gasteiger partial charge in [0, 0.05) is 38.1 Å². The number of nitrogens with zero attached hydrogens (tertiary/aromatic N) is 4. The quantitative estimate of drug-likeness (QED) is 0.181. The summed E-state index contributed by atoms with van der Waals surface area (Å²) >= 11 is 0. The average Bonchev–Trinajstić information content (AvgIpc) is 3.74. The van der Waals surface area contributed by atoms with Gasteiger partial charge in [-0.2, -0.15) is 9.97 Å².